The first kappa shape index (κ1) is 19.5. The Morgan fingerprint density at radius 1 is 1.30 bits per heavy atom. The fourth-order valence-electron chi connectivity index (χ4n) is 4.34. The van der Waals surface area contributed by atoms with Gasteiger partial charge in [0.25, 0.3) is 0 Å². The third-order valence-corrected chi connectivity index (χ3v) is 6.09. The molecule has 136 valence electrons. The van der Waals surface area contributed by atoms with Gasteiger partial charge in [-0.15, -0.1) is 11.6 Å². The summed E-state index contributed by atoms with van der Waals surface area (Å²) in [6, 6.07) is 1.84. The van der Waals surface area contributed by atoms with E-state index in [4.69, 9.17) is 16.7 Å². The van der Waals surface area contributed by atoms with Crippen molar-refractivity contribution in [1.29, 1.82) is 0 Å². The zero-order valence-corrected chi connectivity index (χ0v) is 15.7. The van der Waals surface area contributed by atoms with Gasteiger partial charge in [0.1, 0.15) is 0 Å². The van der Waals surface area contributed by atoms with Crippen LogP contribution in [0.15, 0.2) is 0 Å². The van der Waals surface area contributed by atoms with E-state index >= 15 is 0 Å². The molecule has 0 aromatic rings. The molecular formula is C18H36ClN3O. The van der Waals surface area contributed by atoms with E-state index in [0.717, 1.165) is 38.5 Å². The summed E-state index contributed by atoms with van der Waals surface area (Å²) in [4.78, 5) is 2.33. The second kappa shape index (κ2) is 10.2. The molecule has 2 fully saturated rings. The summed E-state index contributed by atoms with van der Waals surface area (Å²) in [5.41, 5.74) is 0. The van der Waals surface area contributed by atoms with Crippen LogP contribution in [-0.2, 0) is 0 Å². The highest BCUT2D eigenvalue weighted by Gasteiger charge is 2.37. The van der Waals surface area contributed by atoms with Gasteiger partial charge in [-0.3, -0.25) is 0 Å². The Labute approximate surface area is 147 Å². The first-order chi connectivity index (χ1) is 11.1. The van der Waals surface area contributed by atoms with Gasteiger partial charge >= 0.3 is 0 Å². The third kappa shape index (κ3) is 6.17. The summed E-state index contributed by atoms with van der Waals surface area (Å²) < 4.78 is 0. The maximum Gasteiger partial charge on any atom is 0.0558 e. The van der Waals surface area contributed by atoms with Crippen LogP contribution < -0.4 is 10.6 Å². The lowest BCUT2D eigenvalue weighted by Gasteiger charge is -2.44. The van der Waals surface area contributed by atoms with Gasteiger partial charge in [0.05, 0.1) is 6.61 Å². The molecule has 0 amide bonds. The van der Waals surface area contributed by atoms with E-state index < -0.39 is 0 Å². The molecule has 1 aliphatic heterocycles. The molecule has 0 aromatic carbocycles. The molecule has 1 aliphatic carbocycles. The van der Waals surface area contributed by atoms with Crippen molar-refractivity contribution in [1.82, 2.24) is 15.5 Å². The monoisotopic (exact) mass is 345 g/mol. The van der Waals surface area contributed by atoms with Crippen molar-refractivity contribution in [2.24, 2.45) is 5.92 Å². The number of rotatable bonds is 9. The highest BCUT2D eigenvalue weighted by molar-refractivity contribution is 6.20. The maximum atomic E-state index is 9.05. The summed E-state index contributed by atoms with van der Waals surface area (Å²) in [6.45, 7) is 8.80. The van der Waals surface area contributed by atoms with Crippen LogP contribution in [0.3, 0.4) is 0 Å². The Hall–Kier alpha value is 0.130. The minimum Gasteiger partial charge on any atom is -0.395 e. The molecule has 4 unspecified atom stereocenters. The van der Waals surface area contributed by atoms with Crippen molar-refractivity contribution in [2.75, 3.05) is 32.8 Å². The Morgan fingerprint density at radius 2 is 2.13 bits per heavy atom. The summed E-state index contributed by atoms with van der Waals surface area (Å²) in [7, 11) is 0. The molecule has 2 rings (SSSR count). The van der Waals surface area contributed by atoms with Gasteiger partial charge in [-0.2, -0.15) is 0 Å². The SMILES string of the molecule is CCN(CCO)CCC[C@@H](C)NC1CCNC2CC(Cl)CCC21. The Kier molecular flexibility index (Phi) is 8.62. The number of halogens is 1. The van der Waals surface area contributed by atoms with Crippen LogP contribution >= 0.6 is 11.6 Å². The molecule has 1 saturated carbocycles. The largest absolute Gasteiger partial charge is 0.395 e. The highest BCUT2D eigenvalue weighted by Crippen LogP contribution is 2.33. The normalized spacial score (nSPS) is 32.7. The fraction of sp³-hybridized carbons (Fsp3) is 1.00. The lowest BCUT2D eigenvalue weighted by molar-refractivity contribution is 0.152. The van der Waals surface area contributed by atoms with Gasteiger partial charge in [-0.25, -0.2) is 0 Å². The van der Waals surface area contributed by atoms with Crippen LogP contribution in [-0.4, -0.2) is 66.3 Å². The van der Waals surface area contributed by atoms with Crippen molar-refractivity contribution < 1.29 is 5.11 Å². The molecule has 1 heterocycles. The van der Waals surface area contributed by atoms with E-state index in [0.29, 0.717) is 23.5 Å². The molecule has 0 aromatic heterocycles. The van der Waals surface area contributed by atoms with Crippen LogP contribution in [0.1, 0.15) is 52.4 Å². The number of aliphatic hydroxyl groups excluding tert-OH is 1. The number of nitrogens with one attached hydrogen (secondary N) is 2. The minimum atomic E-state index is 0.265. The van der Waals surface area contributed by atoms with Gasteiger partial charge in [0, 0.05) is 30.0 Å². The second-order valence-corrected chi connectivity index (χ2v) is 8.01. The molecule has 23 heavy (non-hydrogen) atoms. The second-order valence-electron chi connectivity index (χ2n) is 7.40. The summed E-state index contributed by atoms with van der Waals surface area (Å²) in [5, 5.41) is 17.0. The van der Waals surface area contributed by atoms with Crippen molar-refractivity contribution >= 4 is 11.6 Å². The minimum absolute atomic E-state index is 0.265. The quantitative estimate of drug-likeness (QED) is 0.561. The van der Waals surface area contributed by atoms with Crippen molar-refractivity contribution in [3.05, 3.63) is 0 Å². The average Bonchev–Trinajstić information content (AvgIpc) is 2.54. The van der Waals surface area contributed by atoms with Crippen LogP contribution in [0.5, 0.6) is 0 Å². The summed E-state index contributed by atoms with van der Waals surface area (Å²) in [6.07, 6.45) is 7.21. The first-order valence-electron chi connectivity index (χ1n) is 9.60. The predicted octanol–water partition coefficient (Wildman–Crippen LogP) is 2.20. The molecule has 5 atom stereocenters. The molecule has 4 nitrogen and oxygen atoms in total. The molecule has 3 N–H and O–H groups in total. The van der Waals surface area contributed by atoms with Gasteiger partial charge in [-0.1, -0.05) is 6.92 Å². The van der Waals surface area contributed by atoms with Gasteiger partial charge in [0.2, 0.25) is 0 Å². The molecule has 0 radical (unpaired) electrons. The van der Waals surface area contributed by atoms with E-state index in [2.05, 4.69) is 29.4 Å². The lowest BCUT2D eigenvalue weighted by Crippen LogP contribution is -2.57. The van der Waals surface area contributed by atoms with E-state index in [1.807, 2.05) is 0 Å². The molecule has 5 heteroatoms. The average molecular weight is 346 g/mol. The number of fused-ring (bicyclic) bond motifs is 1. The Morgan fingerprint density at radius 3 is 2.87 bits per heavy atom. The van der Waals surface area contributed by atoms with Crippen molar-refractivity contribution in [3.8, 4) is 0 Å². The number of hydrogen-bond donors (Lipinski definition) is 3. The summed E-state index contributed by atoms with van der Waals surface area (Å²) in [5.74, 6) is 0.753. The van der Waals surface area contributed by atoms with E-state index in [-0.39, 0.29) is 6.61 Å². The molecule has 2 aliphatic rings. The van der Waals surface area contributed by atoms with Crippen LogP contribution in [0, 0.1) is 5.92 Å². The fourth-order valence-corrected chi connectivity index (χ4v) is 4.66. The van der Waals surface area contributed by atoms with Crippen molar-refractivity contribution in [2.45, 2.75) is 75.9 Å². The van der Waals surface area contributed by atoms with Crippen LogP contribution in [0.2, 0.25) is 0 Å². The zero-order chi connectivity index (χ0) is 16.7. The van der Waals surface area contributed by atoms with Gasteiger partial charge < -0.3 is 20.6 Å². The highest BCUT2D eigenvalue weighted by atomic mass is 35.5. The summed E-state index contributed by atoms with van der Waals surface area (Å²) >= 11 is 6.34. The van der Waals surface area contributed by atoms with E-state index in [9.17, 15) is 0 Å². The van der Waals surface area contributed by atoms with Gasteiger partial charge in [-0.05, 0) is 71.0 Å². The van der Waals surface area contributed by atoms with Gasteiger partial charge in [0.15, 0.2) is 0 Å². The number of piperidine rings is 1. The predicted molar refractivity (Wildman–Crippen MR) is 98.2 cm³/mol. The first-order valence-corrected chi connectivity index (χ1v) is 10.0. The van der Waals surface area contributed by atoms with Crippen LogP contribution in [0.4, 0.5) is 0 Å². The number of alkyl halides is 1. The molecule has 1 saturated heterocycles. The van der Waals surface area contributed by atoms with Crippen LogP contribution in [0.25, 0.3) is 0 Å². The lowest BCUT2D eigenvalue weighted by atomic mass is 9.76. The molecular weight excluding hydrogens is 310 g/mol. The zero-order valence-electron chi connectivity index (χ0n) is 14.9. The number of aliphatic hydroxyl groups is 1. The van der Waals surface area contributed by atoms with Crippen molar-refractivity contribution in [3.63, 3.8) is 0 Å². The Balaban J connectivity index is 1.70. The number of likely N-dealkylation sites (N-methyl/N-ethyl adjacent to an activating group) is 1. The molecule has 0 spiro atoms. The maximum absolute atomic E-state index is 9.05. The topological polar surface area (TPSA) is 47.5 Å². The number of hydrogen-bond acceptors (Lipinski definition) is 4. The number of nitrogens with zero attached hydrogens (tertiary/aromatic N) is 1. The smallest absolute Gasteiger partial charge is 0.0558 e. The van der Waals surface area contributed by atoms with E-state index in [1.165, 1.54) is 32.1 Å². The third-order valence-electron chi connectivity index (χ3n) is 5.69. The standard InChI is InChI=1S/C18H36ClN3O/c1-3-22(11-12-23)10-4-5-14(2)21-17-8-9-20-18-13-15(19)6-7-16(17)18/h14-18,20-21,23H,3-13H2,1-2H3/t14-,15?,16?,17?,18?/m1/s1. The van der Waals surface area contributed by atoms with E-state index in [1.54, 1.807) is 0 Å². The Bertz CT molecular complexity index is 331. The molecule has 0 bridgehead atoms.